The molecule has 0 amide bonds. The summed E-state index contributed by atoms with van der Waals surface area (Å²) in [5.41, 5.74) is 3.40. The highest BCUT2D eigenvalue weighted by Crippen LogP contribution is 2.36. The van der Waals surface area contributed by atoms with Crippen molar-refractivity contribution in [3.63, 3.8) is 0 Å². The van der Waals surface area contributed by atoms with E-state index in [0.29, 0.717) is 33.2 Å². The number of fused-ring (bicyclic) bond motifs is 2. The summed E-state index contributed by atoms with van der Waals surface area (Å²) in [5, 5.41) is 38.7. The topological polar surface area (TPSA) is 154 Å². The number of rotatable bonds is 6. The molecule has 2 heterocycles. The van der Waals surface area contributed by atoms with Crippen LogP contribution in [0.2, 0.25) is 0 Å². The zero-order valence-corrected chi connectivity index (χ0v) is 21.8. The Kier molecular flexibility index (Phi) is 6.27. The SMILES string of the molecule is Cc1ccc(O)c(-n2nc3ccccc3n2)c1OC(=O)CC(=O)Oc1c(C)ccc(O)c1-n1nc2ccccc2n1. The number of aromatic nitrogens is 6. The van der Waals surface area contributed by atoms with E-state index in [-0.39, 0.29) is 34.4 Å². The lowest BCUT2D eigenvalue weighted by atomic mass is 10.1. The third-order valence-corrected chi connectivity index (χ3v) is 6.31. The van der Waals surface area contributed by atoms with Gasteiger partial charge in [-0.3, -0.25) is 9.59 Å². The molecular weight excluding hydrogens is 528 g/mol. The summed E-state index contributed by atoms with van der Waals surface area (Å²) in [4.78, 5) is 28.2. The molecule has 0 atom stereocenters. The summed E-state index contributed by atoms with van der Waals surface area (Å²) < 4.78 is 11.1. The number of aromatic hydroxyl groups is 2. The molecule has 0 spiro atoms. The number of carbonyl (C=O) groups excluding carboxylic acids is 2. The highest BCUT2D eigenvalue weighted by molar-refractivity contribution is 5.94. The maximum Gasteiger partial charge on any atom is 0.322 e. The highest BCUT2D eigenvalue weighted by Gasteiger charge is 2.24. The van der Waals surface area contributed by atoms with Crippen molar-refractivity contribution in [3.8, 4) is 34.4 Å². The minimum absolute atomic E-state index is 0.00948. The first kappa shape index (κ1) is 25.5. The maximum absolute atomic E-state index is 12.9. The van der Waals surface area contributed by atoms with E-state index in [0.717, 1.165) is 0 Å². The second-order valence-corrected chi connectivity index (χ2v) is 9.24. The molecule has 6 rings (SSSR count). The van der Waals surface area contributed by atoms with E-state index in [4.69, 9.17) is 9.47 Å². The zero-order valence-electron chi connectivity index (χ0n) is 21.8. The van der Waals surface area contributed by atoms with Crippen molar-refractivity contribution in [2.75, 3.05) is 0 Å². The largest absolute Gasteiger partial charge is 0.505 e. The molecule has 41 heavy (non-hydrogen) atoms. The van der Waals surface area contributed by atoms with Gasteiger partial charge in [-0.05, 0) is 61.4 Å². The Morgan fingerprint density at radius 1 is 0.610 bits per heavy atom. The standard InChI is InChI=1S/C29H22N6O6/c1-16-11-13-22(36)26(34-30-18-7-3-4-8-19(18)31-34)28(16)40-24(38)15-25(39)41-29-17(2)12-14-23(37)27(29)35-32-20-9-5-6-10-21(20)33-35/h3-14,36-37H,15H2,1-2H3. The molecular formula is C29H22N6O6. The van der Waals surface area contributed by atoms with Crippen LogP contribution in [0.4, 0.5) is 0 Å². The second-order valence-electron chi connectivity index (χ2n) is 9.24. The summed E-state index contributed by atoms with van der Waals surface area (Å²) in [6.07, 6.45) is -0.772. The molecule has 4 aromatic carbocycles. The molecule has 0 radical (unpaired) electrons. The second kappa shape index (κ2) is 10.1. The molecule has 0 saturated carbocycles. The molecule has 0 unspecified atom stereocenters. The van der Waals surface area contributed by atoms with E-state index in [9.17, 15) is 19.8 Å². The minimum atomic E-state index is -0.941. The van der Waals surface area contributed by atoms with Gasteiger partial charge >= 0.3 is 11.9 Å². The highest BCUT2D eigenvalue weighted by atomic mass is 16.6. The molecule has 0 aliphatic carbocycles. The minimum Gasteiger partial charge on any atom is -0.505 e. The first-order valence-corrected chi connectivity index (χ1v) is 12.5. The summed E-state index contributed by atoms with van der Waals surface area (Å²) in [5.74, 6) is -2.34. The van der Waals surface area contributed by atoms with Crippen LogP contribution in [0.1, 0.15) is 17.5 Å². The summed E-state index contributed by atoms with van der Waals surface area (Å²) in [6, 6.07) is 20.2. The number of phenols is 2. The number of aryl methyl sites for hydroxylation is 2. The number of ether oxygens (including phenoxy) is 2. The molecule has 0 bridgehead atoms. The first-order valence-electron chi connectivity index (χ1n) is 12.5. The Balaban J connectivity index is 1.26. The fourth-order valence-corrected chi connectivity index (χ4v) is 4.30. The molecule has 204 valence electrons. The fourth-order valence-electron chi connectivity index (χ4n) is 4.30. The average Bonchev–Trinajstić information content (AvgIpc) is 3.57. The number of hydrogen-bond acceptors (Lipinski definition) is 10. The van der Waals surface area contributed by atoms with Gasteiger partial charge in [-0.15, -0.1) is 30.0 Å². The van der Waals surface area contributed by atoms with Gasteiger partial charge in [0.05, 0.1) is 0 Å². The van der Waals surface area contributed by atoms with Gasteiger partial charge in [-0.2, -0.15) is 0 Å². The van der Waals surface area contributed by atoms with Crippen LogP contribution in [0.25, 0.3) is 33.4 Å². The van der Waals surface area contributed by atoms with Crippen molar-refractivity contribution in [3.05, 3.63) is 83.9 Å². The van der Waals surface area contributed by atoms with Crippen LogP contribution in [-0.2, 0) is 9.59 Å². The van der Waals surface area contributed by atoms with Crippen LogP contribution in [0.15, 0.2) is 72.8 Å². The van der Waals surface area contributed by atoms with Gasteiger partial charge in [-0.1, -0.05) is 36.4 Å². The van der Waals surface area contributed by atoms with Crippen LogP contribution in [0.5, 0.6) is 23.0 Å². The number of nitrogens with zero attached hydrogens (tertiary/aromatic N) is 6. The number of phenolic OH excluding ortho intramolecular Hbond substituents is 2. The summed E-state index contributed by atoms with van der Waals surface area (Å²) >= 11 is 0. The summed E-state index contributed by atoms with van der Waals surface area (Å²) in [7, 11) is 0. The molecule has 12 nitrogen and oxygen atoms in total. The lowest BCUT2D eigenvalue weighted by molar-refractivity contribution is -0.144. The van der Waals surface area contributed by atoms with E-state index in [1.807, 2.05) is 0 Å². The first-order chi connectivity index (χ1) is 19.8. The van der Waals surface area contributed by atoms with Crippen molar-refractivity contribution < 1.29 is 29.3 Å². The summed E-state index contributed by atoms with van der Waals surface area (Å²) in [6.45, 7) is 3.35. The average molecular weight is 551 g/mol. The van der Waals surface area contributed by atoms with Crippen LogP contribution in [0.3, 0.4) is 0 Å². The molecule has 0 aliphatic rings. The van der Waals surface area contributed by atoms with Crippen LogP contribution in [0, 0.1) is 13.8 Å². The number of carbonyl (C=O) groups is 2. The van der Waals surface area contributed by atoms with E-state index in [2.05, 4.69) is 20.4 Å². The lowest BCUT2D eigenvalue weighted by Crippen LogP contribution is -2.20. The van der Waals surface area contributed by atoms with Gasteiger partial charge in [-0.25, -0.2) is 0 Å². The van der Waals surface area contributed by atoms with Gasteiger partial charge in [0, 0.05) is 0 Å². The van der Waals surface area contributed by atoms with Gasteiger partial charge < -0.3 is 19.7 Å². The third kappa shape index (κ3) is 4.78. The predicted octanol–water partition coefficient (Wildman–Crippen LogP) is 4.08. The van der Waals surface area contributed by atoms with Crippen molar-refractivity contribution in [1.29, 1.82) is 0 Å². The Morgan fingerprint density at radius 3 is 1.29 bits per heavy atom. The Morgan fingerprint density at radius 2 is 0.951 bits per heavy atom. The number of esters is 2. The third-order valence-electron chi connectivity index (χ3n) is 6.31. The quantitative estimate of drug-likeness (QED) is 0.176. The Bertz CT molecular complexity index is 1770. The lowest BCUT2D eigenvalue weighted by Gasteiger charge is -2.15. The zero-order chi connectivity index (χ0) is 28.7. The molecule has 6 aromatic rings. The normalized spacial score (nSPS) is 11.2. The van der Waals surface area contributed by atoms with Crippen LogP contribution >= 0.6 is 0 Å². The molecule has 2 N–H and O–H groups in total. The number of benzene rings is 4. The molecule has 0 saturated heterocycles. The molecule has 0 aliphatic heterocycles. The maximum atomic E-state index is 12.9. The van der Waals surface area contributed by atoms with Gasteiger partial charge in [0.25, 0.3) is 0 Å². The Hall–Kier alpha value is -5.78. The predicted molar refractivity (Wildman–Crippen MR) is 146 cm³/mol. The number of hydrogen-bond donors (Lipinski definition) is 2. The monoisotopic (exact) mass is 550 g/mol. The van der Waals surface area contributed by atoms with Crippen molar-refractivity contribution in [2.45, 2.75) is 20.3 Å². The van der Waals surface area contributed by atoms with Crippen LogP contribution < -0.4 is 9.47 Å². The van der Waals surface area contributed by atoms with E-state index in [1.165, 1.54) is 21.7 Å². The van der Waals surface area contributed by atoms with Crippen molar-refractivity contribution in [2.24, 2.45) is 0 Å². The molecule has 0 fully saturated rings. The van der Waals surface area contributed by atoms with Gasteiger partial charge in [0.2, 0.25) is 0 Å². The van der Waals surface area contributed by atoms with Gasteiger partial charge in [0.1, 0.15) is 40.0 Å². The van der Waals surface area contributed by atoms with Crippen molar-refractivity contribution >= 4 is 34.0 Å². The Labute approximate surface area is 232 Å². The smallest absolute Gasteiger partial charge is 0.322 e. The molecule has 12 heteroatoms. The van der Waals surface area contributed by atoms with E-state index >= 15 is 0 Å². The van der Waals surface area contributed by atoms with Crippen LogP contribution in [-0.4, -0.2) is 52.1 Å². The van der Waals surface area contributed by atoms with E-state index < -0.39 is 18.4 Å². The fraction of sp³-hybridized carbons (Fsp3) is 0.103. The molecule has 2 aromatic heterocycles. The van der Waals surface area contributed by atoms with Crippen molar-refractivity contribution in [1.82, 2.24) is 30.0 Å². The van der Waals surface area contributed by atoms with E-state index in [1.54, 1.807) is 74.5 Å². The van der Waals surface area contributed by atoms with Gasteiger partial charge in [0.15, 0.2) is 22.9 Å².